The number of piperidine rings is 1. The van der Waals surface area contributed by atoms with Crippen LogP contribution in [0, 0.1) is 12.7 Å². The molecule has 1 aromatic heterocycles. The first-order chi connectivity index (χ1) is 16.2. The van der Waals surface area contributed by atoms with E-state index in [1.54, 1.807) is 18.3 Å². The molecule has 1 saturated heterocycles. The van der Waals surface area contributed by atoms with Crippen LogP contribution in [0.3, 0.4) is 0 Å². The molecule has 2 aromatic carbocycles. The minimum Gasteiger partial charge on any atom is -0.465 e. The number of fused-ring (bicyclic) bond motifs is 1. The van der Waals surface area contributed by atoms with Gasteiger partial charge in [-0.15, -0.1) is 0 Å². The van der Waals surface area contributed by atoms with Crippen molar-refractivity contribution in [1.82, 2.24) is 14.7 Å². The highest BCUT2D eigenvalue weighted by atomic mass is 19.3. The predicted molar refractivity (Wildman–Crippen MR) is 122 cm³/mol. The number of halogens is 3. The maximum absolute atomic E-state index is 13.6. The molecule has 6 nitrogen and oxygen atoms in total. The lowest BCUT2D eigenvalue weighted by molar-refractivity contribution is 0.00553. The summed E-state index contributed by atoms with van der Waals surface area (Å²) >= 11 is 0. The Bertz CT molecular complexity index is 1160. The number of nitrogens with zero attached hydrogens (tertiary/aromatic N) is 3. The van der Waals surface area contributed by atoms with Crippen LogP contribution in [-0.2, 0) is 16.7 Å². The highest BCUT2D eigenvalue weighted by Gasteiger charge is 2.38. The molecule has 9 heteroatoms. The SMILES string of the molecule is Cc1cc(C(C)OCC2(c3ccc(F)cc3)CCN(C(=O)O)CC2)c2nn(CC(F)F)cc2c1. The van der Waals surface area contributed by atoms with Crippen molar-refractivity contribution in [3.63, 3.8) is 0 Å². The van der Waals surface area contributed by atoms with Crippen LogP contribution < -0.4 is 0 Å². The van der Waals surface area contributed by atoms with E-state index < -0.39 is 24.5 Å². The van der Waals surface area contributed by atoms with Crippen molar-refractivity contribution in [3.8, 4) is 0 Å². The topological polar surface area (TPSA) is 67.6 Å². The Morgan fingerprint density at radius 2 is 1.88 bits per heavy atom. The molecular formula is C25H28F3N3O3. The second-order valence-corrected chi connectivity index (χ2v) is 9.04. The molecule has 0 radical (unpaired) electrons. The molecule has 0 aliphatic carbocycles. The van der Waals surface area contributed by atoms with Gasteiger partial charge in [0.15, 0.2) is 0 Å². The summed E-state index contributed by atoms with van der Waals surface area (Å²) in [5.41, 5.74) is 2.83. The van der Waals surface area contributed by atoms with E-state index in [0.29, 0.717) is 38.1 Å². The van der Waals surface area contributed by atoms with Gasteiger partial charge in [0.05, 0.1) is 18.2 Å². The Morgan fingerprint density at radius 1 is 1.21 bits per heavy atom. The summed E-state index contributed by atoms with van der Waals surface area (Å²) in [6.07, 6.45) is -1.13. The standard InChI is InChI=1S/C25H28F3N3O3/c1-16-11-18-13-31(14-22(27)28)29-23(18)21(12-16)17(2)34-15-25(19-3-5-20(26)6-4-19)7-9-30(10-8-25)24(32)33/h3-6,11-13,17,22H,7-10,14-15H2,1-2H3,(H,32,33). The number of benzene rings is 2. The second-order valence-electron chi connectivity index (χ2n) is 9.04. The van der Waals surface area contributed by atoms with Gasteiger partial charge in [-0.05, 0) is 56.0 Å². The van der Waals surface area contributed by atoms with Crippen molar-refractivity contribution in [2.24, 2.45) is 0 Å². The lowest BCUT2D eigenvalue weighted by Gasteiger charge is -2.41. The van der Waals surface area contributed by atoms with Crippen LogP contribution in [0.4, 0.5) is 18.0 Å². The third kappa shape index (κ3) is 5.04. The molecule has 1 unspecified atom stereocenters. The van der Waals surface area contributed by atoms with Crippen molar-refractivity contribution < 1.29 is 27.8 Å². The molecule has 0 saturated carbocycles. The first-order valence-electron chi connectivity index (χ1n) is 11.3. The number of amides is 1. The lowest BCUT2D eigenvalue weighted by Crippen LogP contribution is -2.47. The van der Waals surface area contributed by atoms with Crippen LogP contribution in [0.2, 0.25) is 0 Å². The number of likely N-dealkylation sites (tertiary alicyclic amines) is 1. The van der Waals surface area contributed by atoms with Crippen LogP contribution in [0.15, 0.2) is 42.6 Å². The summed E-state index contributed by atoms with van der Waals surface area (Å²) in [6, 6.07) is 10.1. The number of alkyl halides is 2. The van der Waals surface area contributed by atoms with Crippen LogP contribution in [0.5, 0.6) is 0 Å². The first kappa shape index (κ1) is 24.1. The molecule has 1 amide bonds. The van der Waals surface area contributed by atoms with Gasteiger partial charge in [-0.1, -0.05) is 18.2 Å². The highest BCUT2D eigenvalue weighted by molar-refractivity contribution is 5.82. The molecule has 4 rings (SSSR count). The van der Waals surface area contributed by atoms with E-state index in [-0.39, 0.29) is 11.9 Å². The van der Waals surface area contributed by atoms with E-state index in [1.807, 2.05) is 26.0 Å². The molecule has 1 aliphatic rings. The quantitative estimate of drug-likeness (QED) is 0.487. The van der Waals surface area contributed by atoms with Gasteiger partial charge >= 0.3 is 6.09 Å². The van der Waals surface area contributed by atoms with E-state index >= 15 is 0 Å². The smallest absolute Gasteiger partial charge is 0.407 e. The van der Waals surface area contributed by atoms with Crippen LogP contribution in [0.1, 0.15) is 42.6 Å². The van der Waals surface area contributed by atoms with Crippen molar-refractivity contribution in [3.05, 3.63) is 65.1 Å². The Kier molecular flexibility index (Phi) is 6.84. The number of hydrogen-bond acceptors (Lipinski definition) is 3. The molecule has 34 heavy (non-hydrogen) atoms. The van der Waals surface area contributed by atoms with Gasteiger partial charge in [0.2, 0.25) is 0 Å². The van der Waals surface area contributed by atoms with Gasteiger partial charge in [-0.3, -0.25) is 4.68 Å². The third-order valence-corrected chi connectivity index (χ3v) is 6.65. The maximum Gasteiger partial charge on any atom is 0.407 e. The number of carbonyl (C=O) groups is 1. The summed E-state index contributed by atoms with van der Waals surface area (Å²) in [5.74, 6) is -0.335. The molecular weight excluding hydrogens is 447 g/mol. The molecule has 1 atom stereocenters. The lowest BCUT2D eigenvalue weighted by atomic mass is 9.73. The average Bonchev–Trinajstić information content (AvgIpc) is 3.18. The largest absolute Gasteiger partial charge is 0.465 e. The van der Waals surface area contributed by atoms with Crippen molar-refractivity contribution in [1.29, 1.82) is 0 Å². The molecule has 2 heterocycles. The Hall–Kier alpha value is -3.07. The van der Waals surface area contributed by atoms with Crippen LogP contribution >= 0.6 is 0 Å². The molecule has 182 valence electrons. The van der Waals surface area contributed by atoms with Crippen LogP contribution in [0.25, 0.3) is 10.9 Å². The fourth-order valence-corrected chi connectivity index (χ4v) is 4.73. The summed E-state index contributed by atoms with van der Waals surface area (Å²) in [6.45, 7) is 4.37. The third-order valence-electron chi connectivity index (χ3n) is 6.65. The number of rotatable bonds is 7. The van der Waals surface area contributed by atoms with E-state index in [1.165, 1.54) is 21.7 Å². The van der Waals surface area contributed by atoms with E-state index in [0.717, 1.165) is 22.1 Å². The molecule has 1 N–H and O–H groups in total. The second kappa shape index (κ2) is 9.66. The number of carboxylic acid groups (broad SMARTS) is 1. The van der Waals surface area contributed by atoms with E-state index in [4.69, 9.17) is 4.74 Å². The maximum atomic E-state index is 13.6. The molecule has 0 spiro atoms. The summed E-state index contributed by atoms with van der Waals surface area (Å²) < 4.78 is 46.9. The van der Waals surface area contributed by atoms with Gasteiger partial charge in [-0.25, -0.2) is 18.0 Å². The van der Waals surface area contributed by atoms with Gasteiger partial charge in [0, 0.05) is 35.7 Å². The summed E-state index contributed by atoms with van der Waals surface area (Å²) in [5, 5.41) is 14.5. The number of aryl methyl sites for hydroxylation is 1. The monoisotopic (exact) mass is 475 g/mol. The zero-order valence-corrected chi connectivity index (χ0v) is 19.2. The van der Waals surface area contributed by atoms with Gasteiger partial charge in [0.25, 0.3) is 6.43 Å². The van der Waals surface area contributed by atoms with Crippen molar-refractivity contribution in [2.45, 2.75) is 51.2 Å². The fraction of sp³-hybridized carbons (Fsp3) is 0.440. The zero-order valence-electron chi connectivity index (χ0n) is 19.2. The summed E-state index contributed by atoms with van der Waals surface area (Å²) in [7, 11) is 0. The molecule has 3 aromatic rings. The van der Waals surface area contributed by atoms with Gasteiger partial charge in [0.1, 0.15) is 12.4 Å². The number of ether oxygens (including phenoxy) is 1. The van der Waals surface area contributed by atoms with Gasteiger partial charge < -0.3 is 14.7 Å². The number of hydrogen-bond donors (Lipinski definition) is 1. The Labute approximate surface area is 195 Å². The highest BCUT2D eigenvalue weighted by Crippen LogP contribution is 2.38. The molecule has 0 bridgehead atoms. The summed E-state index contributed by atoms with van der Waals surface area (Å²) in [4.78, 5) is 12.8. The Morgan fingerprint density at radius 3 is 2.50 bits per heavy atom. The predicted octanol–water partition coefficient (Wildman–Crippen LogP) is 5.54. The van der Waals surface area contributed by atoms with Crippen molar-refractivity contribution in [2.75, 3.05) is 19.7 Å². The molecule has 1 aliphatic heterocycles. The van der Waals surface area contributed by atoms with E-state index in [9.17, 15) is 23.1 Å². The van der Waals surface area contributed by atoms with Crippen LogP contribution in [-0.4, -0.2) is 52.0 Å². The first-order valence-corrected chi connectivity index (χ1v) is 11.3. The fourth-order valence-electron chi connectivity index (χ4n) is 4.73. The minimum absolute atomic E-state index is 0.306. The minimum atomic E-state index is -2.50. The van der Waals surface area contributed by atoms with E-state index in [2.05, 4.69) is 5.10 Å². The zero-order chi connectivity index (χ0) is 24.5. The normalized spacial score (nSPS) is 16.8. The Balaban J connectivity index is 1.59. The average molecular weight is 476 g/mol. The molecule has 1 fully saturated rings. The van der Waals surface area contributed by atoms with Crippen molar-refractivity contribution >= 4 is 17.0 Å². The number of aromatic nitrogens is 2. The van der Waals surface area contributed by atoms with Gasteiger partial charge in [-0.2, -0.15) is 5.10 Å².